The number of nitrogens with one attached hydrogen (secondary N) is 1. The molecule has 2 N–H and O–H groups in total. The van der Waals surface area contributed by atoms with Crippen LogP contribution in [0.25, 0.3) is 0 Å². The molecule has 0 radical (unpaired) electrons. The summed E-state index contributed by atoms with van der Waals surface area (Å²) in [6, 6.07) is 2.88. The van der Waals surface area contributed by atoms with Crippen LogP contribution in [-0.2, 0) is 6.54 Å². The number of rotatable bonds is 7. The van der Waals surface area contributed by atoms with Gasteiger partial charge in [-0.2, -0.15) is 0 Å². The first-order chi connectivity index (χ1) is 8.30. The maximum atomic E-state index is 10.4. The van der Waals surface area contributed by atoms with E-state index in [2.05, 4.69) is 5.32 Å². The van der Waals surface area contributed by atoms with Gasteiger partial charge in [-0.1, -0.05) is 13.8 Å². The van der Waals surface area contributed by atoms with E-state index in [1.165, 1.54) is 6.07 Å². The van der Waals surface area contributed by atoms with E-state index in [4.69, 9.17) is 4.42 Å². The van der Waals surface area contributed by atoms with Crippen LogP contribution in [0.2, 0.25) is 0 Å². The lowest BCUT2D eigenvalue weighted by atomic mass is 9.94. The molecule has 0 aliphatic heterocycles. The zero-order valence-corrected chi connectivity index (χ0v) is 11.0. The molecule has 0 fully saturated rings. The fourth-order valence-corrected chi connectivity index (χ4v) is 1.97. The Bertz CT molecular complexity index is 399. The monoisotopic (exact) mass is 256 g/mol. The Hall–Kier alpha value is -1.40. The highest BCUT2D eigenvalue weighted by atomic mass is 16.6. The summed E-state index contributed by atoms with van der Waals surface area (Å²) in [5.74, 6) is 0.634. The minimum absolute atomic E-state index is 0.263. The van der Waals surface area contributed by atoms with Gasteiger partial charge in [-0.3, -0.25) is 10.1 Å². The third-order valence-electron chi connectivity index (χ3n) is 2.48. The number of nitrogens with zero attached hydrogens (tertiary/aromatic N) is 1. The highest BCUT2D eigenvalue weighted by Crippen LogP contribution is 2.17. The second kappa shape index (κ2) is 5.97. The molecule has 1 unspecified atom stereocenters. The minimum Gasteiger partial charge on any atom is -0.404 e. The molecule has 0 spiro atoms. The van der Waals surface area contributed by atoms with E-state index in [0.29, 0.717) is 31.2 Å². The Balaban J connectivity index is 2.39. The number of hydrogen-bond donors (Lipinski definition) is 2. The SMILES string of the molecule is CC(C)CC(C)(O)CNCc1ccc([N+](=O)[O-])o1. The van der Waals surface area contributed by atoms with Crippen molar-refractivity contribution < 1.29 is 14.4 Å². The Morgan fingerprint density at radius 1 is 1.56 bits per heavy atom. The molecule has 6 heteroatoms. The highest BCUT2D eigenvalue weighted by Gasteiger charge is 2.21. The van der Waals surface area contributed by atoms with Crippen molar-refractivity contribution in [1.29, 1.82) is 0 Å². The van der Waals surface area contributed by atoms with Crippen LogP contribution in [0.15, 0.2) is 16.5 Å². The van der Waals surface area contributed by atoms with E-state index in [9.17, 15) is 15.2 Å². The second-order valence-corrected chi connectivity index (χ2v) is 5.20. The minimum atomic E-state index is -0.785. The summed E-state index contributed by atoms with van der Waals surface area (Å²) < 4.78 is 5.00. The van der Waals surface area contributed by atoms with E-state index >= 15 is 0 Å². The van der Waals surface area contributed by atoms with Crippen molar-refractivity contribution in [2.75, 3.05) is 6.54 Å². The molecular weight excluding hydrogens is 236 g/mol. The Labute approximate surface area is 106 Å². The molecule has 0 amide bonds. The molecule has 6 nitrogen and oxygen atoms in total. The highest BCUT2D eigenvalue weighted by molar-refractivity contribution is 5.17. The summed E-state index contributed by atoms with van der Waals surface area (Å²) in [5, 5.41) is 23.5. The summed E-state index contributed by atoms with van der Waals surface area (Å²) >= 11 is 0. The summed E-state index contributed by atoms with van der Waals surface area (Å²) in [5.41, 5.74) is -0.785. The number of aliphatic hydroxyl groups is 1. The molecule has 1 rings (SSSR count). The van der Waals surface area contributed by atoms with E-state index in [1.54, 1.807) is 13.0 Å². The average Bonchev–Trinajstić information content (AvgIpc) is 2.63. The Morgan fingerprint density at radius 2 is 2.22 bits per heavy atom. The molecule has 0 saturated heterocycles. The van der Waals surface area contributed by atoms with Crippen molar-refractivity contribution in [2.24, 2.45) is 5.92 Å². The van der Waals surface area contributed by atoms with Crippen LogP contribution in [0.4, 0.5) is 5.88 Å². The standard InChI is InChI=1S/C12H20N2O4/c1-9(2)6-12(3,15)8-13-7-10-4-5-11(18-10)14(16)17/h4-5,9,13,15H,6-8H2,1-3H3. The van der Waals surface area contributed by atoms with Crippen LogP contribution in [-0.4, -0.2) is 22.2 Å². The van der Waals surface area contributed by atoms with E-state index < -0.39 is 10.5 Å². The lowest BCUT2D eigenvalue weighted by Crippen LogP contribution is -2.38. The average molecular weight is 256 g/mol. The molecule has 0 aliphatic carbocycles. The van der Waals surface area contributed by atoms with Crippen LogP contribution >= 0.6 is 0 Å². The van der Waals surface area contributed by atoms with Crippen LogP contribution in [0.3, 0.4) is 0 Å². The van der Waals surface area contributed by atoms with Gasteiger partial charge in [0, 0.05) is 6.54 Å². The predicted molar refractivity (Wildman–Crippen MR) is 67.1 cm³/mol. The molecule has 1 aromatic rings. The molecule has 1 atom stereocenters. The smallest absolute Gasteiger partial charge is 0.404 e. The maximum Gasteiger partial charge on any atom is 0.433 e. The topological polar surface area (TPSA) is 88.5 Å². The molecular formula is C12H20N2O4. The van der Waals surface area contributed by atoms with Gasteiger partial charge in [0.05, 0.1) is 18.2 Å². The summed E-state index contributed by atoms with van der Waals surface area (Å²) in [4.78, 5) is 9.85. The quantitative estimate of drug-likeness (QED) is 0.576. The van der Waals surface area contributed by atoms with Gasteiger partial charge in [-0.05, 0) is 25.3 Å². The first kappa shape index (κ1) is 14.7. The largest absolute Gasteiger partial charge is 0.433 e. The van der Waals surface area contributed by atoms with Crippen LogP contribution in [0.5, 0.6) is 0 Å². The van der Waals surface area contributed by atoms with Crippen molar-refractivity contribution in [3.05, 3.63) is 28.0 Å². The van der Waals surface area contributed by atoms with Crippen molar-refractivity contribution >= 4 is 5.88 Å². The van der Waals surface area contributed by atoms with Crippen molar-refractivity contribution in [3.63, 3.8) is 0 Å². The van der Waals surface area contributed by atoms with Crippen molar-refractivity contribution in [2.45, 2.75) is 39.3 Å². The maximum absolute atomic E-state index is 10.4. The third-order valence-corrected chi connectivity index (χ3v) is 2.48. The number of furan rings is 1. The van der Waals surface area contributed by atoms with Gasteiger partial charge in [0.15, 0.2) is 0 Å². The Kier molecular flexibility index (Phi) is 4.86. The zero-order chi connectivity index (χ0) is 13.8. The van der Waals surface area contributed by atoms with Gasteiger partial charge >= 0.3 is 5.88 Å². The van der Waals surface area contributed by atoms with E-state index in [1.807, 2.05) is 13.8 Å². The van der Waals surface area contributed by atoms with Crippen LogP contribution in [0, 0.1) is 16.0 Å². The van der Waals surface area contributed by atoms with Gasteiger partial charge in [-0.25, -0.2) is 0 Å². The van der Waals surface area contributed by atoms with Gasteiger partial charge in [0.25, 0.3) is 0 Å². The fourth-order valence-electron chi connectivity index (χ4n) is 1.97. The molecule has 1 heterocycles. The zero-order valence-electron chi connectivity index (χ0n) is 11.0. The lowest BCUT2D eigenvalue weighted by molar-refractivity contribution is -0.402. The fraction of sp³-hybridized carbons (Fsp3) is 0.667. The van der Waals surface area contributed by atoms with E-state index in [0.717, 1.165) is 0 Å². The first-order valence-corrected chi connectivity index (χ1v) is 5.96. The predicted octanol–water partition coefficient (Wildman–Crippen LogP) is 2.07. The number of hydrogen-bond acceptors (Lipinski definition) is 5. The summed E-state index contributed by atoms with van der Waals surface area (Å²) in [6.07, 6.45) is 0.693. The van der Waals surface area contributed by atoms with Gasteiger partial charge < -0.3 is 14.8 Å². The lowest BCUT2D eigenvalue weighted by Gasteiger charge is -2.25. The van der Waals surface area contributed by atoms with Crippen LogP contribution in [0.1, 0.15) is 33.0 Å². The summed E-state index contributed by atoms with van der Waals surface area (Å²) in [7, 11) is 0. The first-order valence-electron chi connectivity index (χ1n) is 5.96. The molecule has 0 aromatic carbocycles. The molecule has 18 heavy (non-hydrogen) atoms. The normalized spacial score (nSPS) is 14.7. The van der Waals surface area contributed by atoms with Gasteiger partial charge in [0.1, 0.15) is 10.7 Å². The Morgan fingerprint density at radius 3 is 2.72 bits per heavy atom. The van der Waals surface area contributed by atoms with Gasteiger partial charge in [-0.15, -0.1) is 0 Å². The number of nitro groups is 1. The van der Waals surface area contributed by atoms with Crippen molar-refractivity contribution in [3.8, 4) is 0 Å². The van der Waals surface area contributed by atoms with E-state index in [-0.39, 0.29) is 5.88 Å². The second-order valence-electron chi connectivity index (χ2n) is 5.20. The molecule has 102 valence electrons. The van der Waals surface area contributed by atoms with Crippen molar-refractivity contribution in [1.82, 2.24) is 5.32 Å². The summed E-state index contributed by atoms with van der Waals surface area (Å²) in [6.45, 7) is 6.64. The van der Waals surface area contributed by atoms with Gasteiger partial charge in [0.2, 0.25) is 0 Å². The molecule has 0 saturated carbocycles. The molecule has 0 aliphatic rings. The molecule has 0 bridgehead atoms. The van der Waals surface area contributed by atoms with Crippen LogP contribution < -0.4 is 5.32 Å². The third kappa shape index (κ3) is 4.85. The molecule has 1 aromatic heterocycles.